The highest BCUT2D eigenvalue weighted by atomic mass is 16.3. The Morgan fingerprint density at radius 1 is 1.05 bits per heavy atom. The second-order valence-corrected chi connectivity index (χ2v) is 6.14. The quantitative estimate of drug-likeness (QED) is 0.843. The molecule has 2 atom stereocenters. The van der Waals surface area contributed by atoms with Crippen molar-refractivity contribution in [3.05, 3.63) is 17.7 Å². The van der Waals surface area contributed by atoms with Gasteiger partial charge in [0.05, 0.1) is 17.8 Å². The third-order valence-corrected chi connectivity index (χ3v) is 4.40. The number of anilines is 2. The second kappa shape index (κ2) is 6.51. The van der Waals surface area contributed by atoms with Crippen molar-refractivity contribution < 1.29 is 10.2 Å². The number of aliphatic hydroxyl groups excluding tert-OH is 2. The van der Waals surface area contributed by atoms with Crippen molar-refractivity contribution in [1.29, 1.82) is 5.26 Å². The van der Waals surface area contributed by atoms with Crippen LogP contribution in [-0.2, 0) is 0 Å². The van der Waals surface area contributed by atoms with Gasteiger partial charge in [-0.15, -0.1) is 0 Å². The number of hydrogen-bond donors (Lipinski definition) is 2. The first-order chi connectivity index (χ1) is 10.7. The van der Waals surface area contributed by atoms with Gasteiger partial charge < -0.3 is 20.0 Å². The van der Waals surface area contributed by atoms with E-state index in [1.165, 1.54) is 0 Å². The van der Waals surface area contributed by atoms with Gasteiger partial charge in [-0.25, -0.2) is 4.98 Å². The molecule has 2 fully saturated rings. The molecule has 0 amide bonds. The third-order valence-electron chi connectivity index (χ3n) is 4.40. The van der Waals surface area contributed by atoms with E-state index in [-0.39, 0.29) is 12.2 Å². The zero-order valence-electron chi connectivity index (χ0n) is 12.6. The second-order valence-electron chi connectivity index (χ2n) is 6.14. The molecule has 0 bridgehead atoms. The topological polar surface area (TPSA) is 83.6 Å². The monoisotopic (exact) mass is 302 g/mol. The third kappa shape index (κ3) is 3.16. The van der Waals surface area contributed by atoms with Crippen LogP contribution in [0.1, 0.15) is 31.2 Å². The standard InChI is InChI=1S/C16H22N4O2/c17-9-12-5-6-15(19-7-1-3-13(21)10-19)18-16(12)20-8-2-4-14(22)11-20/h5-6,13-14,21-22H,1-4,7-8,10-11H2. The summed E-state index contributed by atoms with van der Waals surface area (Å²) in [7, 11) is 0. The minimum absolute atomic E-state index is 0.313. The number of piperidine rings is 2. The van der Waals surface area contributed by atoms with Gasteiger partial charge in [-0.2, -0.15) is 5.26 Å². The van der Waals surface area contributed by atoms with Crippen molar-refractivity contribution >= 4 is 11.6 Å². The lowest BCUT2D eigenvalue weighted by Crippen LogP contribution is -2.41. The average molecular weight is 302 g/mol. The van der Waals surface area contributed by atoms with E-state index in [0.29, 0.717) is 24.5 Å². The summed E-state index contributed by atoms with van der Waals surface area (Å²) in [6, 6.07) is 5.83. The molecule has 1 aromatic heterocycles. The zero-order valence-corrected chi connectivity index (χ0v) is 12.6. The van der Waals surface area contributed by atoms with Crippen LogP contribution in [0.15, 0.2) is 12.1 Å². The predicted molar refractivity (Wildman–Crippen MR) is 83.9 cm³/mol. The lowest BCUT2D eigenvalue weighted by atomic mass is 10.1. The van der Waals surface area contributed by atoms with Crippen LogP contribution < -0.4 is 9.80 Å². The molecule has 2 saturated heterocycles. The summed E-state index contributed by atoms with van der Waals surface area (Å²) in [5.74, 6) is 1.45. The summed E-state index contributed by atoms with van der Waals surface area (Å²) < 4.78 is 0. The number of nitrogens with zero attached hydrogens (tertiary/aromatic N) is 4. The molecule has 118 valence electrons. The molecular formula is C16H22N4O2. The maximum absolute atomic E-state index is 9.86. The van der Waals surface area contributed by atoms with Crippen molar-refractivity contribution in [3.8, 4) is 6.07 Å². The molecule has 22 heavy (non-hydrogen) atoms. The van der Waals surface area contributed by atoms with Gasteiger partial charge in [0.2, 0.25) is 0 Å². The van der Waals surface area contributed by atoms with Gasteiger partial charge in [0, 0.05) is 26.2 Å². The number of nitriles is 1. The van der Waals surface area contributed by atoms with E-state index >= 15 is 0 Å². The molecule has 2 unspecified atom stereocenters. The van der Waals surface area contributed by atoms with Crippen molar-refractivity contribution in [3.63, 3.8) is 0 Å². The van der Waals surface area contributed by atoms with Crippen LogP contribution in [0.25, 0.3) is 0 Å². The first-order valence-corrected chi connectivity index (χ1v) is 7.94. The molecular weight excluding hydrogens is 280 g/mol. The number of β-amino-alcohol motifs (C(OH)–C–C–N with tert-alkyl or cyclic N) is 2. The van der Waals surface area contributed by atoms with E-state index in [0.717, 1.165) is 44.6 Å². The zero-order chi connectivity index (χ0) is 15.5. The van der Waals surface area contributed by atoms with Gasteiger partial charge in [-0.1, -0.05) is 0 Å². The van der Waals surface area contributed by atoms with E-state index in [1.807, 2.05) is 11.0 Å². The van der Waals surface area contributed by atoms with Crippen LogP contribution in [0.3, 0.4) is 0 Å². The molecule has 1 aromatic rings. The molecule has 0 aliphatic carbocycles. The largest absolute Gasteiger partial charge is 0.391 e. The SMILES string of the molecule is N#Cc1ccc(N2CCCC(O)C2)nc1N1CCCC(O)C1. The molecule has 6 heteroatoms. The van der Waals surface area contributed by atoms with Crippen molar-refractivity contribution in [1.82, 2.24) is 4.98 Å². The van der Waals surface area contributed by atoms with E-state index in [2.05, 4.69) is 16.0 Å². The number of aliphatic hydroxyl groups is 2. The van der Waals surface area contributed by atoms with Gasteiger partial charge in [0.1, 0.15) is 17.7 Å². The van der Waals surface area contributed by atoms with Crippen LogP contribution in [0.5, 0.6) is 0 Å². The van der Waals surface area contributed by atoms with Gasteiger partial charge in [-0.3, -0.25) is 0 Å². The Bertz CT molecular complexity index is 572. The van der Waals surface area contributed by atoms with Gasteiger partial charge >= 0.3 is 0 Å². The van der Waals surface area contributed by atoms with Gasteiger partial charge in [0.15, 0.2) is 0 Å². The van der Waals surface area contributed by atoms with Crippen LogP contribution >= 0.6 is 0 Å². The predicted octanol–water partition coefficient (Wildman–Crippen LogP) is 0.875. The Hall–Kier alpha value is -1.84. The van der Waals surface area contributed by atoms with Crippen LogP contribution in [-0.4, -0.2) is 53.6 Å². The molecule has 2 aliphatic heterocycles. The van der Waals surface area contributed by atoms with E-state index in [1.54, 1.807) is 6.07 Å². The molecule has 2 N–H and O–H groups in total. The fourth-order valence-electron chi connectivity index (χ4n) is 3.25. The molecule has 2 aliphatic rings. The Kier molecular flexibility index (Phi) is 4.46. The number of hydrogen-bond acceptors (Lipinski definition) is 6. The lowest BCUT2D eigenvalue weighted by molar-refractivity contribution is 0.153. The summed E-state index contributed by atoms with van der Waals surface area (Å²) in [4.78, 5) is 8.73. The van der Waals surface area contributed by atoms with E-state index < -0.39 is 0 Å². The first-order valence-electron chi connectivity index (χ1n) is 7.94. The van der Waals surface area contributed by atoms with Gasteiger partial charge in [0.25, 0.3) is 0 Å². The normalized spacial score (nSPS) is 25.9. The fourth-order valence-corrected chi connectivity index (χ4v) is 3.25. The Morgan fingerprint density at radius 3 is 2.32 bits per heavy atom. The summed E-state index contributed by atoms with van der Waals surface area (Å²) in [5.41, 5.74) is 0.537. The molecule has 0 spiro atoms. The highest BCUT2D eigenvalue weighted by Gasteiger charge is 2.24. The van der Waals surface area contributed by atoms with E-state index in [9.17, 15) is 15.5 Å². The smallest absolute Gasteiger partial charge is 0.149 e. The maximum atomic E-state index is 9.86. The van der Waals surface area contributed by atoms with E-state index in [4.69, 9.17) is 0 Å². The van der Waals surface area contributed by atoms with Crippen molar-refractivity contribution in [2.24, 2.45) is 0 Å². The molecule has 0 radical (unpaired) electrons. The van der Waals surface area contributed by atoms with Crippen molar-refractivity contribution in [2.45, 2.75) is 37.9 Å². The number of pyridine rings is 1. The minimum atomic E-state index is -0.359. The highest BCUT2D eigenvalue weighted by molar-refractivity contribution is 5.59. The lowest BCUT2D eigenvalue weighted by Gasteiger charge is -2.34. The first kappa shape index (κ1) is 15.1. The molecule has 6 nitrogen and oxygen atoms in total. The number of rotatable bonds is 2. The van der Waals surface area contributed by atoms with Crippen molar-refractivity contribution in [2.75, 3.05) is 36.0 Å². The highest BCUT2D eigenvalue weighted by Crippen LogP contribution is 2.26. The Labute approximate surface area is 130 Å². The fraction of sp³-hybridized carbons (Fsp3) is 0.625. The molecule has 3 heterocycles. The Morgan fingerprint density at radius 2 is 1.68 bits per heavy atom. The van der Waals surface area contributed by atoms with Crippen LogP contribution in [0.4, 0.5) is 11.6 Å². The maximum Gasteiger partial charge on any atom is 0.149 e. The summed E-state index contributed by atoms with van der Waals surface area (Å²) in [5, 5.41) is 29.0. The summed E-state index contributed by atoms with van der Waals surface area (Å²) >= 11 is 0. The average Bonchev–Trinajstić information content (AvgIpc) is 2.54. The summed E-state index contributed by atoms with van der Waals surface area (Å²) in [6.07, 6.45) is 2.81. The number of aromatic nitrogens is 1. The Balaban J connectivity index is 1.87. The van der Waals surface area contributed by atoms with Crippen LogP contribution in [0.2, 0.25) is 0 Å². The molecule has 0 aromatic carbocycles. The minimum Gasteiger partial charge on any atom is -0.391 e. The molecule has 0 saturated carbocycles. The molecule has 3 rings (SSSR count). The van der Waals surface area contributed by atoms with Gasteiger partial charge in [-0.05, 0) is 37.8 Å². The van der Waals surface area contributed by atoms with Crippen LogP contribution in [0, 0.1) is 11.3 Å². The summed E-state index contributed by atoms with van der Waals surface area (Å²) in [6.45, 7) is 2.79.